The summed E-state index contributed by atoms with van der Waals surface area (Å²) >= 11 is 0. The van der Waals surface area contributed by atoms with Crippen LogP contribution in [0.3, 0.4) is 0 Å². The quantitative estimate of drug-likeness (QED) is 0.809. The number of carbonyl (C=O) groups excluding carboxylic acids is 1. The molecule has 1 unspecified atom stereocenters. The number of alkyl halides is 3. The van der Waals surface area contributed by atoms with E-state index in [0.717, 1.165) is 12.1 Å². The van der Waals surface area contributed by atoms with Crippen molar-refractivity contribution >= 4 is 5.91 Å². The van der Waals surface area contributed by atoms with E-state index in [9.17, 15) is 22.4 Å². The lowest BCUT2D eigenvalue weighted by Gasteiger charge is -2.12. The van der Waals surface area contributed by atoms with Crippen LogP contribution in [0.5, 0.6) is 0 Å². The number of nitrogens with one attached hydrogen (secondary N) is 1. The fourth-order valence-electron chi connectivity index (χ4n) is 1.90. The van der Waals surface area contributed by atoms with Gasteiger partial charge in [-0.25, -0.2) is 9.07 Å². The van der Waals surface area contributed by atoms with Crippen LogP contribution in [-0.4, -0.2) is 39.2 Å². The minimum absolute atomic E-state index is 0.0425. The van der Waals surface area contributed by atoms with E-state index in [1.807, 2.05) is 0 Å². The summed E-state index contributed by atoms with van der Waals surface area (Å²) in [6.45, 7) is 1.31. The van der Waals surface area contributed by atoms with E-state index in [1.165, 1.54) is 12.1 Å². The van der Waals surface area contributed by atoms with Crippen molar-refractivity contribution in [1.82, 2.24) is 20.3 Å². The first kappa shape index (κ1) is 17.9. The fraction of sp³-hybridized carbons (Fsp3) is 0.357. The van der Waals surface area contributed by atoms with Gasteiger partial charge in [-0.2, -0.15) is 13.2 Å². The topological polar surface area (TPSA) is 80.0 Å². The van der Waals surface area contributed by atoms with E-state index in [-0.39, 0.29) is 23.8 Å². The van der Waals surface area contributed by atoms with Gasteiger partial charge in [0.1, 0.15) is 11.5 Å². The van der Waals surface area contributed by atoms with Crippen molar-refractivity contribution in [3.05, 3.63) is 41.5 Å². The number of aliphatic hydroxyl groups is 1. The Morgan fingerprint density at radius 3 is 2.62 bits per heavy atom. The highest BCUT2D eigenvalue weighted by Gasteiger charge is 2.42. The van der Waals surface area contributed by atoms with Crippen LogP contribution in [0.2, 0.25) is 0 Å². The van der Waals surface area contributed by atoms with Gasteiger partial charge in [0.2, 0.25) is 0 Å². The molecule has 0 aliphatic rings. The summed E-state index contributed by atoms with van der Waals surface area (Å²) in [6, 6.07) is 4.71. The van der Waals surface area contributed by atoms with E-state index in [4.69, 9.17) is 5.11 Å². The molecule has 0 bridgehead atoms. The fourth-order valence-corrected chi connectivity index (χ4v) is 1.90. The average molecular weight is 346 g/mol. The van der Waals surface area contributed by atoms with E-state index < -0.39 is 35.0 Å². The Morgan fingerprint density at radius 2 is 2.04 bits per heavy atom. The second-order valence-electron chi connectivity index (χ2n) is 5.15. The van der Waals surface area contributed by atoms with Crippen LogP contribution >= 0.6 is 0 Å². The number of halogens is 4. The van der Waals surface area contributed by atoms with Gasteiger partial charge in [0.25, 0.3) is 5.91 Å². The number of para-hydroxylation sites is 1. The van der Waals surface area contributed by atoms with Crippen molar-refractivity contribution in [2.75, 3.05) is 13.2 Å². The molecule has 0 spiro atoms. The highest BCUT2D eigenvalue weighted by Crippen LogP contribution is 2.33. The molecule has 10 heteroatoms. The highest BCUT2D eigenvalue weighted by molar-refractivity contribution is 5.93. The zero-order chi connectivity index (χ0) is 17.9. The van der Waals surface area contributed by atoms with Gasteiger partial charge < -0.3 is 10.4 Å². The Balaban J connectivity index is 2.44. The third-order valence-corrected chi connectivity index (χ3v) is 3.16. The predicted octanol–water partition coefficient (Wildman–Crippen LogP) is 1.78. The minimum Gasteiger partial charge on any atom is -0.396 e. The number of aliphatic hydroxyl groups excluding tert-OH is 1. The molecule has 2 N–H and O–H groups in total. The van der Waals surface area contributed by atoms with Crippen LogP contribution in [0.4, 0.5) is 17.6 Å². The molecule has 0 saturated heterocycles. The molecule has 0 saturated carbocycles. The maximum atomic E-state index is 13.8. The van der Waals surface area contributed by atoms with Crippen molar-refractivity contribution in [3.63, 3.8) is 0 Å². The second kappa shape index (κ2) is 6.95. The first-order valence-corrected chi connectivity index (χ1v) is 6.92. The maximum absolute atomic E-state index is 13.8. The Kier molecular flexibility index (Phi) is 5.17. The number of amides is 1. The Hall–Kier alpha value is -2.49. The van der Waals surface area contributed by atoms with Crippen LogP contribution in [0, 0.1) is 11.7 Å². The molecule has 130 valence electrons. The summed E-state index contributed by atoms with van der Waals surface area (Å²) in [5.74, 6) is -2.39. The van der Waals surface area contributed by atoms with Gasteiger partial charge in [0, 0.05) is 13.2 Å². The molecule has 6 nitrogen and oxygen atoms in total. The van der Waals surface area contributed by atoms with Gasteiger partial charge in [0.05, 0.1) is 0 Å². The van der Waals surface area contributed by atoms with Crippen molar-refractivity contribution in [3.8, 4) is 5.69 Å². The van der Waals surface area contributed by atoms with E-state index >= 15 is 0 Å². The van der Waals surface area contributed by atoms with Crippen molar-refractivity contribution in [2.45, 2.75) is 13.1 Å². The lowest BCUT2D eigenvalue weighted by molar-refractivity contribution is -0.143. The van der Waals surface area contributed by atoms with Crippen LogP contribution in [0.1, 0.15) is 23.1 Å². The molecule has 1 aromatic carbocycles. The molecule has 1 aromatic heterocycles. The average Bonchev–Trinajstić information content (AvgIpc) is 2.97. The van der Waals surface area contributed by atoms with E-state index in [0.29, 0.717) is 0 Å². The summed E-state index contributed by atoms with van der Waals surface area (Å²) in [4.78, 5) is 12.0. The molecule has 24 heavy (non-hydrogen) atoms. The Labute approximate surface area is 134 Å². The van der Waals surface area contributed by atoms with Gasteiger partial charge in [-0.1, -0.05) is 24.3 Å². The Bertz CT molecular complexity index is 730. The van der Waals surface area contributed by atoms with Gasteiger partial charge in [-0.3, -0.25) is 4.79 Å². The van der Waals surface area contributed by atoms with Gasteiger partial charge in [-0.05, 0) is 18.1 Å². The molecule has 1 atom stereocenters. The zero-order valence-electron chi connectivity index (χ0n) is 12.5. The minimum atomic E-state index is -4.97. The van der Waals surface area contributed by atoms with Crippen LogP contribution in [0.15, 0.2) is 24.3 Å². The van der Waals surface area contributed by atoms with E-state index in [1.54, 1.807) is 6.92 Å². The molecule has 2 rings (SSSR count). The summed E-state index contributed by atoms with van der Waals surface area (Å²) in [5.41, 5.74) is -2.90. The number of benzene rings is 1. The lowest BCUT2D eigenvalue weighted by atomic mass is 10.2. The molecule has 1 heterocycles. The predicted molar refractivity (Wildman–Crippen MR) is 74.9 cm³/mol. The largest absolute Gasteiger partial charge is 0.435 e. The highest BCUT2D eigenvalue weighted by atomic mass is 19.4. The molecule has 0 aliphatic carbocycles. The third kappa shape index (κ3) is 3.70. The van der Waals surface area contributed by atoms with Crippen LogP contribution < -0.4 is 5.32 Å². The molecule has 0 fully saturated rings. The standard InChI is InChI=1S/C14H14F4N4O2/c1-8(7-23)6-19-13(24)11-12(14(16,17)18)22(21-20-11)10-5-3-2-4-9(10)15/h2-5,8,23H,6-7H2,1H3,(H,19,24). The third-order valence-electron chi connectivity index (χ3n) is 3.16. The summed E-state index contributed by atoms with van der Waals surface area (Å²) in [5, 5.41) is 17.6. The van der Waals surface area contributed by atoms with Crippen LogP contribution in [0.25, 0.3) is 5.69 Å². The second-order valence-corrected chi connectivity index (χ2v) is 5.15. The normalized spacial score (nSPS) is 12.9. The smallest absolute Gasteiger partial charge is 0.396 e. The number of carbonyl (C=O) groups is 1. The summed E-state index contributed by atoms with van der Waals surface area (Å²) in [6.07, 6.45) is -4.97. The number of hydrogen-bond donors (Lipinski definition) is 2. The van der Waals surface area contributed by atoms with Crippen molar-refractivity contribution < 1.29 is 27.5 Å². The zero-order valence-corrected chi connectivity index (χ0v) is 12.5. The number of hydrogen-bond acceptors (Lipinski definition) is 4. The number of rotatable bonds is 5. The molecule has 0 aliphatic heterocycles. The summed E-state index contributed by atoms with van der Waals surface area (Å²) < 4.78 is 54.0. The molecular weight excluding hydrogens is 332 g/mol. The van der Waals surface area contributed by atoms with Gasteiger partial charge in [-0.15, -0.1) is 5.10 Å². The SMILES string of the molecule is CC(CO)CNC(=O)c1nnn(-c2ccccc2F)c1C(F)(F)F. The van der Waals surface area contributed by atoms with Crippen LogP contribution in [-0.2, 0) is 6.18 Å². The summed E-state index contributed by atoms with van der Waals surface area (Å²) in [7, 11) is 0. The van der Waals surface area contributed by atoms with Crippen molar-refractivity contribution in [1.29, 1.82) is 0 Å². The lowest BCUT2D eigenvalue weighted by Crippen LogP contribution is -2.31. The molecular formula is C14H14F4N4O2. The molecule has 0 radical (unpaired) electrons. The first-order chi connectivity index (χ1) is 11.3. The molecule has 1 amide bonds. The Morgan fingerprint density at radius 1 is 1.38 bits per heavy atom. The number of aromatic nitrogens is 3. The number of nitrogens with zero attached hydrogens (tertiary/aromatic N) is 3. The van der Waals surface area contributed by atoms with Crippen molar-refractivity contribution in [2.24, 2.45) is 5.92 Å². The monoisotopic (exact) mass is 346 g/mol. The molecule has 2 aromatic rings. The van der Waals surface area contributed by atoms with Gasteiger partial charge in [0.15, 0.2) is 11.4 Å². The van der Waals surface area contributed by atoms with Gasteiger partial charge >= 0.3 is 6.18 Å². The van der Waals surface area contributed by atoms with E-state index in [2.05, 4.69) is 15.6 Å². The maximum Gasteiger partial charge on any atom is 0.435 e. The first-order valence-electron chi connectivity index (χ1n) is 6.92.